The maximum Gasteiger partial charge on any atom is 0.312 e. The van der Waals surface area contributed by atoms with Crippen LogP contribution in [0.25, 0.3) is 0 Å². The van der Waals surface area contributed by atoms with Crippen molar-refractivity contribution in [2.75, 3.05) is 0 Å². The van der Waals surface area contributed by atoms with E-state index in [2.05, 4.69) is 9.97 Å². The van der Waals surface area contributed by atoms with Crippen LogP contribution in [-0.4, -0.2) is 21.0 Å². The average molecular weight is 194 g/mol. The van der Waals surface area contributed by atoms with Crippen molar-refractivity contribution in [2.45, 2.75) is 32.6 Å². The van der Waals surface area contributed by atoms with Crippen molar-refractivity contribution in [3.63, 3.8) is 0 Å². The maximum atomic E-state index is 10.9. The van der Waals surface area contributed by atoms with Gasteiger partial charge in [-0.1, -0.05) is 13.3 Å². The van der Waals surface area contributed by atoms with E-state index in [1.54, 1.807) is 6.07 Å². The van der Waals surface area contributed by atoms with E-state index in [4.69, 9.17) is 5.11 Å². The minimum atomic E-state index is -0.815. The molecule has 1 unspecified atom stereocenters. The number of rotatable bonds is 4. The first kappa shape index (κ1) is 10.6. The number of hydrogen-bond donors (Lipinski definition) is 1. The topological polar surface area (TPSA) is 63.1 Å². The predicted molar refractivity (Wildman–Crippen MR) is 52.1 cm³/mol. The molecule has 0 bridgehead atoms. The normalized spacial score (nSPS) is 12.4. The fourth-order valence-corrected chi connectivity index (χ4v) is 1.35. The number of aliphatic carboxylic acids is 1. The molecule has 0 saturated carbocycles. The Kier molecular flexibility index (Phi) is 3.56. The molecule has 0 aromatic carbocycles. The van der Waals surface area contributed by atoms with Crippen molar-refractivity contribution >= 4 is 5.97 Å². The van der Waals surface area contributed by atoms with Crippen LogP contribution in [0.2, 0.25) is 0 Å². The summed E-state index contributed by atoms with van der Waals surface area (Å²) in [4.78, 5) is 18.9. The fraction of sp³-hybridized carbons (Fsp3) is 0.500. The van der Waals surface area contributed by atoms with Gasteiger partial charge in [0.1, 0.15) is 6.33 Å². The molecule has 0 amide bonds. The van der Waals surface area contributed by atoms with Crippen LogP contribution in [0.5, 0.6) is 0 Å². The van der Waals surface area contributed by atoms with Crippen molar-refractivity contribution in [3.05, 3.63) is 23.8 Å². The maximum absolute atomic E-state index is 10.9. The van der Waals surface area contributed by atoms with Gasteiger partial charge in [-0.15, -0.1) is 0 Å². The van der Waals surface area contributed by atoms with Crippen LogP contribution >= 0.6 is 0 Å². The third-order valence-electron chi connectivity index (χ3n) is 2.06. The van der Waals surface area contributed by atoms with Gasteiger partial charge in [-0.2, -0.15) is 0 Å². The first-order valence-electron chi connectivity index (χ1n) is 4.66. The summed E-state index contributed by atoms with van der Waals surface area (Å²) in [7, 11) is 0. The molecular weight excluding hydrogens is 180 g/mol. The van der Waals surface area contributed by atoms with Gasteiger partial charge in [0.15, 0.2) is 0 Å². The Bertz CT molecular complexity index is 326. The Morgan fingerprint density at radius 1 is 1.57 bits per heavy atom. The smallest absolute Gasteiger partial charge is 0.312 e. The molecule has 0 aliphatic heterocycles. The third kappa shape index (κ3) is 2.52. The van der Waals surface area contributed by atoms with Crippen LogP contribution < -0.4 is 0 Å². The summed E-state index contributed by atoms with van der Waals surface area (Å²) < 4.78 is 0. The van der Waals surface area contributed by atoms with E-state index in [-0.39, 0.29) is 0 Å². The van der Waals surface area contributed by atoms with Crippen LogP contribution in [0.4, 0.5) is 0 Å². The molecule has 1 rings (SSSR count). The first-order valence-corrected chi connectivity index (χ1v) is 4.66. The Labute approximate surface area is 83.0 Å². The highest BCUT2D eigenvalue weighted by Gasteiger charge is 2.20. The molecule has 0 fully saturated rings. The van der Waals surface area contributed by atoms with E-state index in [1.807, 2.05) is 13.8 Å². The van der Waals surface area contributed by atoms with Gasteiger partial charge < -0.3 is 5.11 Å². The Morgan fingerprint density at radius 2 is 2.29 bits per heavy atom. The number of carboxylic acid groups (broad SMARTS) is 1. The molecule has 1 N–H and O–H groups in total. The Morgan fingerprint density at radius 3 is 2.79 bits per heavy atom. The second-order valence-corrected chi connectivity index (χ2v) is 3.26. The Balaban J connectivity index is 2.93. The molecule has 0 radical (unpaired) electrons. The van der Waals surface area contributed by atoms with Gasteiger partial charge in [-0.3, -0.25) is 4.79 Å². The van der Waals surface area contributed by atoms with Gasteiger partial charge in [-0.25, -0.2) is 9.97 Å². The van der Waals surface area contributed by atoms with Gasteiger partial charge in [-0.05, 0) is 19.4 Å². The van der Waals surface area contributed by atoms with Gasteiger partial charge >= 0.3 is 5.97 Å². The lowest BCUT2D eigenvalue weighted by molar-refractivity contribution is -0.139. The molecule has 1 atom stereocenters. The van der Waals surface area contributed by atoms with Crippen molar-refractivity contribution < 1.29 is 9.90 Å². The van der Waals surface area contributed by atoms with Crippen molar-refractivity contribution in [1.29, 1.82) is 0 Å². The van der Waals surface area contributed by atoms with Crippen molar-refractivity contribution in [3.8, 4) is 0 Å². The molecule has 0 aliphatic carbocycles. The number of aryl methyl sites for hydroxylation is 1. The summed E-state index contributed by atoms with van der Waals surface area (Å²) in [5.74, 6) is -1.31. The van der Waals surface area contributed by atoms with Crippen LogP contribution in [-0.2, 0) is 4.79 Å². The SMILES string of the molecule is CCCC(C(=O)O)c1cc(C)ncn1. The summed E-state index contributed by atoms with van der Waals surface area (Å²) in [5, 5.41) is 8.99. The standard InChI is InChI=1S/C10H14N2O2/c1-3-4-8(10(13)14)9-5-7(2)11-6-12-9/h5-6,8H,3-4H2,1-2H3,(H,13,14). The molecule has 4 nitrogen and oxygen atoms in total. The minimum Gasteiger partial charge on any atom is -0.481 e. The molecule has 0 saturated heterocycles. The van der Waals surface area contributed by atoms with Crippen LogP contribution in [0, 0.1) is 6.92 Å². The zero-order chi connectivity index (χ0) is 10.6. The minimum absolute atomic E-state index is 0.498. The number of carbonyl (C=O) groups is 1. The summed E-state index contributed by atoms with van der Waals surface area (Å²) in [6.45, 7) is 3.79. The van der Waals surface area contributed by atoms with E-state index in [0.29, 0.717) is 12.1 Å². The lowest BCUT2D eigenvalue weighted by atomic mass is 9.99. The molecule has 4 heteroatoms. The van der Waals surface area contributed by atoms with Gasteiger partial charge in [0.2, 0.25) is 0 Å². The number of carboxylic acids is 1. The van der Waals surface area contributed by atoms with Gasteiger partial charge in [0.05, 0.1) is 11.6 Å². The predicted octanol–water partition coefficient (Wildman–Crippen LogP) is 1.75. The first-order chi connectivity index (χ1) is 6.65. The summed E-state index contributed by atoms with van der Waals surface area (Å²) >= 11 is 0. The largest absolute Gasteiger partial charge is 0.481 e. The highest BCUT2D eigenvalue weighted by atomic mass is 16.4. The number of hydrogen-bond acceptors (Lipinski definition) is 3. The average Bonchev–Trinajstić information content (AvgIpc) is 2.13. The highest BCUT2D eigenvalue weighted by molar-refractivity contribution is 5.75. The second-order valence-electron chi connectivity index (χ2n) is 3.26. The summed E-state index contributed by atoms with van der Waals surface area (Å²) in [6, 6.07) is 1.73. The van der Waals surface area contributed by atoms with E-state index >= 15 is 0 Å². The molecule has 76 valence electrons. The van der Waals surface area contributed by atoms with E-state index in [9.17, 15) is 4.79 Å². The van der Waals surface area contributed by atoms with E-state index < -0.39 is 11.9 Å². The third-order valence-corrected chi connectivity index (χ3v) is 2.06. The van der Waals surface area contributed by atoms with E-state index in [0.717, 1.165) is 12.1 Å². The number of aromatic nitrogens is 2. The molecule has 1 aromatic rings. The van der Waals surface area contributed by atoms with Crippen LogP contribution in [0.15, 0.2) is 12.4 Å². The molecule has 1 aromatic heterocycles. The number of nitrogens with zero attached hydrogens (tertiary/aromatic N) is 2. The van der Waals surface area contributed by atoms with Crippen molar-refractivity contribution in [1.82, 2.24) is 9.97 Å². The molecule has 1 heterocycles. The summed E-state index contributed by atoms with van der Waals surface area (Å²) in [5.41, 5.74) is 1.41. The molecular formula is C10H14N2O2. The molecule has 14 heavy (non-hydrogen) atoms. The zero-order valence-corrected chi connectivity index (χ0v) is 8.40. The lowest BCUT2D eigenvalue weighted by Crippen LogP contribution is -2.13. The second kappa shape index (κ2) is 4.69. The van der Waals surface area contributed by atoms with Gasteiger partial charge in [0, 0.05) is 5.69 Å². The quantitative estimate of drug-likeness (QED) is 0.793. The lowest BCUT2D eigenvalue weighted by Gasteiger charge is -2.10. The van der Waals surface area contributed by atoms with Crippen molar-refractivity contribution in [2.24, 2.45) is 0 Å². The molecule has 0 aliphatic rings. The summed E-state index contributed by atoms with van der Waals surface area (Å²) in [6.07, 6.45) is 2.86. The highest BCUT2D eigenvalue weighted by Crippen LogP contribution is 2.19. The fourth-order valence-electron chi connectivity index (χ4n) is 1.35. The van der Waals surface area contributed by atoms with E-state index in [1.165, 1.54) is 6.33 Å². The van der Waals surface area contributed by atoms with Crippen LogP contribution in [0.3, 0.4) is 0 Å². The monoisotopic (exact) mass is 194 g/mol. The Hall–Kier alpha value is -1.45. The van der Waals surface area contributed by atoms with Gasteiger partial charge in [0.25, 0.3) is 0 Å². The zero-order valence-electron chi connectivity index (χ0n) is 8.40. The van der Waals surface area contributed by atoms with Crippen LogP contribution in [0.1, 0.15) is 37.1 Å². The molecule has 0 spiro atoms.